The topological polar surface area (TPSA) is 73.6 Å². The smallest absolute Gasteiger partial charge is 0.251 e. The average molecular weight is 307 g/mol. The summed E-state index contributed by atoms with van der Waals surface area (Å²) in [7, 11) is 1.60. The highest BCUT2D eigenvalue weighted by Gasteiger charge is 2.10. The number of hydrogen-bond acceptors (Lipinski definition) is 4. The van der Waals surface area contributed by atoms with Gasteiger partial charge in [-0.15, -0.1) is 0 Å². The lowest BCUT2D eigenvalue weighted by Crippen LogP contribution is -2.27. The third-order valence-corrected chi connectivity index (χ3v) is 3.10. The normalized spacial score (nSPS) is 10.5. The predicted octanol–water partition coefficient (Wildman–Crippen LogP) is 1.97. The molecule has 0 saturated heterocycles. The highest BCUT2D eigenvalue weighted by Crippen LogP contribution is 2.29. The summed E-state index contributed by atoms with van der Waals surface area (Å²) in [6.07, 6.45) is 0. The van der Waals surface area contributed by atoms with E-state index in [1.807, 2.05) is 0 Å². The minimum Gasteiger partial charge on any atom is -0.397 e. The summed E-state index contributed by atoms with van der Waals surface area (Å²) >= 11 is 11.7. The minimum absolute atomic E-state index is 0.251. The number of benzene rings is 1. The first kappa shape index (κ1) is 16.0. The van der Waals surface area contributed by atoms with Crippen LogP contribution in [0.3, 0.4) is 0 Å². The Morgan fingerprint density at radius 3 is 2.68 bits per heavy atom. The number of amides is 1. The van der Waals surface area contributed by atoms with Gasteiger partial charge >= 0.3 is 0 Å². The summed E-state index contributed by atoms with van der Waals surface area (Å²) < 4.78 is 10.0. The molecule has 0 spiro atoms. The second-order valence-corrected chi connectivity index (χ2v) is 4.51. The fourth-order valence-corrected chi connectivity index (χ4v) is 1.66. The molecule has 3 N–H and O–H groups in total. The van der Waals surface area contributed by atoms with Crippen LogP contribution in [0.1, 0.15) is 10.4 Å². The fraction of sp³-hybridized carbons (Fsp3) is 0.417. The lowest BCUT2D eigenvalue weighted by Gasteiger charge is -2.08. The molecule has 0 aliphatic carbocycles. The van der Waals surface area contributed by atoms with E-state index in [2.05, 4.69) is 5.32 Å². The third-order valence-electron chi connectivity index (χ3n) is 2.28. The molecule has 0 aromatic heterocycles. The van der Waals surface area contributed by atoms with Gasteiger partial charge in [0, 0.05) is 19.2 Å². The Balaban J connectivity index is 2.42. The number of nitrogens with one attached hydrogen (secondary N) is 1. The molecule has 0 aliphatic heterocycles. The van der Waals surface area contributed by atoms with E-state index in [1.54, 1.807) is 7.11 Å². The maximum Gasteiger partial charge on any atom is 0.251 e. The van der Waals surface area contributed by atoms with Gasteiger partial charge in [0.25, 0.3) is 5.91 Å². The molecule has 1 amide bonds. The first-order chi connectivity index (χ1) is 9.06. The Morgan fingerprint density at radius 1 is 1.32 bits per heavy atom. The van der Waals surface area contributed by atoms with Gasteiger partial charge in [-0.3, -0.25) is 4.79 Å². The molecule has 1 aromatic rings. The minimum atomic E-state index is -0.277. The van der Waals surface area contributed by atoms with Gasteiger partial charge in [0.05, 0.1) is 35.6 Å². The number of methoxy groups -OCH3 is 1. The molecule has 7 heteroatoms. The van der Waals surface area contributed by atoms with Crippen LogP contribution in [0.2, 0.25) is 10.0 Å². The largest absolute Gasteiger partial charge is 0.397 e. The highest BCUT2D eigenvalue weighted by atomic mass is 35.5. The summed E-state index contributed by atoms with van der Waals surface area (Å²) in [5.74, 6) is -0.277. The number of rotatable bonds is 7. The van der Waals surface area contributed by atoms with Crippen molar-refractivity contribution in [2.24, 2.45) is 0 Å². The van der Waals surface area contributed by atoms with Crippen LogP contribution in [0.4, 0.5) is 5.69 Å². The van der Waals surface area contributed by atoms with Crippen molar-refractivity contribution in [3.8, 4) is 0 Å². The number of carbonyl (C=O) groups excluding carboxylic acids is 1. The number of carbonyl (C=O) groups is 1. The van der Waals surface area contributed by atoms with Crippen molar-refractivity contribution in [3.63, 3.8) is 0 Å². The van der Waals surface area contributed by atoms with Gasteiger partial charge in [-0.2, -0.15) is 0 Å². The monoisotopic (exact) mass is 306 g/mol. The van der Waals surface area contributed by atoms with Crippen LogP contribution >= 0.6 is 23.2 Å². The zero-order valence-corrected chi connectivity index (χ0v) is 12.1. The zero-order chi connectivity index (χ0) is 14.3. The summed E-state index contributed by atoms with van der Waals surface area (Å²) in [6.45, 7) is 1.82. The molecule has 0 saturated carbocycles. The van der Waals surface area contributed by atoms with E-state index >= 15 is 0 Å². The number of nitrogen functional groups attached to an aromatic ring is 1. The molecule has 106 valence electrons. The maximum absolute atomic E-state index is 11.8. The molecule has 0 atom stereocenters. The number of anilines is 1. The average Bonchev–Trinajstić information content (AvgIpc) is 2.39. The van der Waals surface area contributed by atoms with Crippen LogP contribution in [0, 0.1) is 0 Å². The van der Waals surface area contributed by atoms with Crippen LogP contribution in [-0.4, -0.2) is 39.4 Å². The van der Waals surface area contributed by atoms with Crippen molar-refractivity contribution in [3.05, 3.63) is 27.7 Å². The standard InChI is InChI=1S/C12H16Cl2N2O3/c1-18-4-5-19-3-2-16-12(17)8-6-9(13)11(14)10(15)7-8/h6-7H,2-5,15H2,1H3,(H,16,17). The lowest BCUT2D eigenvalue weighted by atomic mass is 10.2. The van der Waals surface area contributed by atoms with Crippen LogP contribution in [0.5, 0.6) is 0 Å². The summed E-state index contributed by atoms with van der Waals surface area (Å²) in [4.78, 5) is 11.8. The summed E-state index contributed by atoms with van der Waals surface area (Å²) in [5.41, 5.74) is 6.27. The second kappa shape index (κ2) is 8.22. The number of halogens is 2. The van der Waals surface area contributed by atoms with Gasteiger partial charge in [-0.1, -0.05) is 23.2 Å². The summed E-state index contributed by atoms with van der Waals surface area (Å²) in [5, 5.41) is 3.19. The molecule has 0 aliphatic rings. The summed E-state index contributed by atoms with van der Waals surface area (Å²) in [6, 6.07) is 2.96. The van der Waals surface area contributed by atoms with Gasteiger partial charge in [-0.05, 0) is 12.1 Å². The van der Waals surface area contributed by atoms with Crippen LogP contribution in [0.25, 0.3) is 0 Å². The lowest BCUT2D eigenvalue weighted by molar-refractivity contribution is 0.0693. The molecule has 1 rings (SSSR count). The Kier molecular flexibility index (Phi) is 6.94. The van der Waals surface area contributed by atoms with Crippen molar-refractivity contribution in [2.75, 3.05) is 39.2 Å². The zero-order valence-electron chi connectivity index (χ0n) is 10.5. The van der Waals surface area contributed by atoms with Gasteiger partial charge < -0.3 is 20.5 Å². The molecule has 1 aromatic carbocycles. The third kappa shape index (κ3) is 5.24. The van der Waals surface area contributed by atoms with Crippen molar-refractivity contribution < 1.29 is 14.3 Å². The number of nitrogens with two attached hydrogens (primary N) is 1. The van der Waals surface area contributed by atoms with E-state index in [0.29, 0.717) is 31.9 Å². The van der Waals surface area contributed by atoms with Crippen molar-refractivity contribution in [1.82, 2.24) is 5.32 Å². The number of ether oxygens (including phenoxy) is 2. The van der Waals surface area contributed by atoms with E-state index in [9.17, 15) is 4.79 Å². The molecule has 19 heavy (non-hydrogen) atoms. The van der Waals surface area contributed by atoms with Crippen molar-refractivity contribution >= 4 is 34.8 Å². The molecular formula is C12H16Cl2N2O3. The predicted molar refractivity (Wildman–Crippen MR) is 75.9 cm³/mol. The van der Waals surface area contributed by atoms with Crippen LogP contribution < -0.4 is 11.1 Å². The molecule has 0 radical (unpaired) electrons. The quantitative estimate of drug-likeness (QED) is 0.596. The molecule has 0 unspecified atom stereocenters. The molecule has 0 bridgehead atoms. The van der Waals surface area contributed by atoms with E-state index in [1.165, 1.54) is 12.1 Å². The molecule has 5 nitrogen and oxygen atoms in total. The van der Waals surface area contributed by atoms with E-state index in [4.69, 9.17) is 38.4 Å². The number of hydrogen-bond donors (Lipinski definition) is 2. The van der Waals surface area contributed by atoms with Crippen molar-refractivity contribution in [1.29, 1.82) is 0 Å². The SMILES string of the molecule is COCCOCCNC(=O)c1cc(N)c(Cl)c(Cl)c1. The first-order valence-electron chi connectivity index (χ1n) is 5.65. The van der Waals surface area contributed by atoms with Crippen LogP contribution in [0.15, 0.2) is 12.1 Å². The molecule has 0 heterocycles. The van der Waals surface area contributed by atoms with E-state index < -0.39 is 0 Å². The van der Waals surface area contributed by atoms with E-state index in [0.717, 1.165) is 0 Å². The second-order valence-electron chi connectivity index (χ2n) is 3.72. The first-order valence-corrected chi connectivity index (χ1v) is 6.41. The maximum atomic E-state index is 11.8. The van der Waals surface area contributed by atoms with Crippen LogP contribution in [-0.2, 0) is 9.47 Å². The highest BCUT2D eigenvalue weighted by molar-refractivity contribution is 6.43. The Bertz CT molecular complexity index is 418. The van der Waals surface area contributed by atoms with Crippen molar-refractivity contribution in [2.45, 2.75) is 0 Å². The van der Waals surface area contributed by atoms with Gasteiger partial charge in [0.15, 0.2) is 0 Å². The Hall–Kier alpha value is -1.01. The molecular weight excluding hydrogens is 291 g/mol. The fourth-order valence-electron chi connectivity index (χ4n) is 1.32. The Labute approximate surface area is 122 Å². The van der Waals surface area contributed by atoms with E-state index in [-0.39, 0.29) is 21.6 Å². The van der Waals surface area contributed by atoms with Gasteiger partial charge in [0.2, 0.25) is 0 Å². The molecule has 0 fully saturated rings. The van der Waals surface area contributed by atoms with Gasteiger partial charge in [0.1, 0.15) is 0 Å². The Morgan fingerprint density at radius 2 is 2.05 bits per heavy atom. The van der Waals surface area contributed by atoms with Gasteiger partial charge in [-0.25, -0.2) is 0 Å².